The second kappa shape index (κ2) is 6.07. The topological polar surface area (TPSA) is 20.3 Å². The number of benzene rings is 1. The van der Waals surface area contributed by atoms with Crippen LogP contribution >= 0.6 is 34.8 Å². The van der Waals surface area contributed by atoms with Crippen LogP contribution in [-0.2, 0) is 11.3 Å². The molecule has 0 radical (unpaired) electrons. The van der Waals surface area contributed by atoms with Gasteiger partial charge in [-0.25, -0.2) is 0 Å². The summed E-state index contributed by atoms with van der Waals surface area (Å²) < 4.78 is 0. The summed E-state index contributed by atoms with van der Waals surface area (Å²) in [5.41, 5.74) is 1.10. The lowest BCUT2D eigenvalue weighted by atomic mass is 9.64. The second-order valence-electron chi connectivity index (χ2n) is 7.93. The Morgan fingerprint density at radius 2 is 1.88 bits per heavy atom. The van der Waals surface area contributed by atoms with E-state index in [0.717, 1.165) is 18.4 Å². The van der Waals surface area contributed by atoms with Crippen molar-refractivity contribution in [1.82, 2.24) is 4.90 Å². The van der Waals surface area contributed by atoms with Crippen molar-refractivity contribution in [3.05, 3.63) is 35.9 Å². The molecule has 2 fully saturated rings. The average Bonchev–Trinajstić information content (AvgIpc) is 2.73. The van der Waals surface area contributed by atoms with E-state index in [1.807, 2.05) is 56.0 Å². The fourth-order valence-electron chi connectivity index (χ4n) is 4.44. The van der Waals surface area contributed by atoms with Crippen molar-refractivity contribution in [3.63, 3.8) is 0 Å². The molecular weight excluding hydrogens is 365 g/mol. The quantitative estimate of drug-likeness (QED) is 0.664. The molecule has 2 nitrogen and oxygen atoms in total. The Hall–Kier alpha value is -0.440. The van der Waals surface area contributed by atoms with Crippen molar-refractivity contribution >= 4 is 40.7 Å². The summed E-state index contributed by atoms with van der Waals surface area (Å²) >= 11 is 20.5. The smallest absolute Gasteiger partial charge is 0.244 e. The Labute approximate surface area is 159 Å². The molecule has 0 unspecified atom stereocenters. The van der Waals surface area contributed by atoms with E-state index in [4.69, 9.17) is 34.8 Å². The minimum Gasteiger partial charge on any atom is -0.336 e. The zero-order chi connectivity index (χ0) is 17.8. The van der Waals surface area contributed by atoms with Gasteiger partial charge >= 0.3 is 0 Å². The van der Waals surface area contributed by atoms with Crippen molar-refractivity contribution in [2.24, 2.45) is 11.8 Å². The summed E-state index contributed by atoms with van der Waals surface area (Å²) in [6.07, 6.45) is 1.59. The molecule has 1 aromatic rings. The van der Waals surface area contributed by atoms with Gasteiger partial charge in [-0.3, -0.25) is 4.79 Å². The van der Waals surface area contributed by atoms with Crippen LogP contribution in [0.15, 0.2) is 30.3 Å². The Balaban J connectivity index is 1.95. The molecule has 1 heterocycles. The molecule has 1 aliphatic heterocycles. The van der Waals surface area contributed by atoms with Crippen LogP contribution in [-0.4, -0.2) is 32.0 Å². The summed E-state index contributed by atoms with van der Waals surface area (Å²) in [4.78, 5) is 13.1. The highest BCUT2D eigenvalue weighted by molar-refractivity contribution is 6.38. The number of rotatable bonds is 3. The fraction of sp³-hybridized carbons (Fsp3) is 0.632. The third-order valence-corrected chi connectivity index (χ3v) is 7.13. The van der Waals surface area contributed by atoms with Crippen LogP contribution in [0.25, 0.3) is 0 Å². The van der Waals surface area contributed by atoms with Gasteiger partial charge in [0, 0.05) is 34.7 Å². The van der Waals surface area contributed by atoms with Crippen LogP contribution in [0.2, 0.25) is 0 Å². The van der Waals surface area contributed by atoms with Gasteiger partial charge in [0.15, 0.2) is 0 Å². The molecule has 1 aliphatic carbocycles. The van der Waals surface area contributed by atoms with Crippen LogP contribution < -0.4 is 0 Å². The normalized spacial score (nSPS) is 36.8. The highest BCUT2D eigenvalue weighted by Crippen LogP contribution is 2.58. The molecule has 0 bridgehead atoms. The van der Waals surface area contributed by atoms with Gasteiger partial charge in [0.05, 0.1) is 0 Å². The van der Waals surface area contributed by atoms with Gasteiger partial charge in [0.2, 0.25) is 5.91 Å². The van der Waals surface area contributed by atoms with E-state index in [1.165, 1.54) is 0 Å². The van der Waals surface area contributed by atoms with Crippen molar-refractivity contribution in [2.75, 3.05) is 6.54 Å². The molecule has 1 saturated heterocycles. The van der Waals surface area contributed by atoms with E-state index in [9.17, 15) is 4.79 Å². The molecule has 0 aromatic heterocycles. The number of amides is 1. The van der Waals surface area contributed by atoms with E-state index >= 15 is 0 Å². The highest BCUT2D eigenvalue weighted by Gasteiger charge is 2.66. The molecular formula is C19H24Cl3NO. The number of hydrogen-bond donors (Lipinski definition) is 0. The van der Waals surface area contributed by atoms with Crippen molar-refractivity contribution in [1.29, 1.82) is 0 Å². The molecule has 0 N–H and O–H groups in total. The van der Waals surface area contributed by atoms with Gasteiger partial charge in [-0.1, -0.05) is 30.3 Å². The van der Waals surface area contributed by atoms with Crippen molar-refractivity contribution in [3.8, 4) is 0 Å². The van der Waals surface area contributed by atoms with Crippen LogP contribution in [0, 0.1) is 11.8 Å². The van der Waals surface area contributed by atoms with Gasteiger partial charge in [0.1, 0.15) is 4.87 Å². The van der Waals surface area contributed by atoms with E-state index in [0.29, 0.717) is 13.1 Å². The van der Waals surface area contributed by atoms with E-state index in [1.54, 1.807) is 0 Å². The summed E-state index contributed by atoms with van der Waals surface area (Å²) in [6.45, 7) is 7.05. The van der Waals surface area contributed by atoms with Crippen molar-refractivity contribution in [2.45, 2.75) is 54.8 Å². The van der Waals surface area contributed by atoms with Crippen molar-refractivity contribution < 1.29 is 4.79 Å². The van der Waals surface area contributed by atoms with Crippen LogP contribution in [0.5, 0.6) is 0 Å². The maximum absolute atomic E-state index is 13.3. The van der Waals surface area contributed by atoms with Gasteiger partial charge < -0.3 is 4.90 Å². The lowest BCUT2D eigenvalue weighted by molar-refractivity contribution is -0.132. The van der Waals surface area contributed by atoms with Crippen LogP contribution in [0.1, 0.15) is 39.2 Å². The summed E-state index contributed by atoms with van der Waals surface area (Å²) in [6, 6.07) is 9.99. The maximum Gasteiger partial charge on any atom is 0.244 e. The SMILES string of the molecule is CC(C)(Cl)[C@H]1CC[C@](C)(Cl)[C@@H]2CN(Cc3ccccc3)C(=O)[C@]12Cl. The average molecular weight is 389 g/mol. The molecule has 1 aromatic carbocycles. The number of likely N-dealkylation sites (tertiary alicyclic amines) is 1. The second-order valence-corrected chi connectivity index (χ2v) is 10.4. The zero-order valence-corrected chi connectivity index (χ0v) is 16.6. The van der Waals surface area contributed by atoms with Gasteiger partial charge in [-0.05, 0) is 39.2 Å². The molecule has 1 saturated carbocycles. The first-order chi connectivity index (χ1) is 11.1. The Morgan fingerprint density at radius 3 is 2.46 bits per heavy atom. The standard InChI is InChI=1S/C19H24Cl3NO/c1-17(2,20)14-9-10-18(3,21)15-12-23(16(24)19(14,15)22)11-13-7-5-4-6-8-13/h4-8,14-15H,9-12H2,1-3H3/t14-,15+,18+,19+/m1/s1. The molecule has 2 aliphatic rings. The van der Waals surface area contributed by atoms with E-state index in [2.05, 4.69) is 0 Å². The lowest BCUT2D eigenvalue weighted by Crippen LogP contribution is -2.58. The Bertz CT molecular complexity index is 625. The first kappa shape index (κ1) is 18.4. The minimum atomic E-state index is -1.02. The highest BCUT2D eigenvalue weighted by atomic mass is 35.5. The van der Waals surface area contributed by atoms with Crippen LogP contribution in [0.3, 0.4) is 0 Å². The third kappa shape index (κ3) is 2.95. The van der Waals surface area contributed by atoms with E-state index in [-0.39, 0.29) is 17.7 Å². The number of carbonyl (C=O) groups excluding carboxylic acids is 1. The first-order valence-electron chi connectivity index (χ1n) is 8.47. The molecule has 4 atom stereocenters. The minimum absolute atomic E-state index is 0.0247. The Morgan fingerprint density at radius 1 is 1.25 bits per heavy atom. The van der Waals surface area contributed by atoms with Crippen LogP contribution in [0.4, 0.5) is 0 Å². The predicted octanol–water partition coefficient (Wildman–Crippen LogP) is 5.05. The number of nitrogens with zero attached hydrogens (tertiary/aromatic N) is 1. The number of hydrogen-bond acceptors (Lipinski definition) is 1. The number of halogens is 3. The molecule has 3 rings (SSSR count). The molecule has 1 amide bonds. The number of fused-ring (bicyclic) bond motifs is 1. The zero-order valence-electron chi connectivity index (χ0n) is 14.4. The molecule has 132 valence electrons. The Kier molecular flexibility index (Phi) is 4.64. The third-order valence-electron chi connectivity index (χ3n) is 5.73. The summed E-state index contributed by atoms with van der Waals surface area (Å²) in [5.74, 6) is -0.233. The first-order valence-corrected chi connectivity index (χ1v) is 9.60. The van der Waals surface area contributed by atoms with Gasteiger partial charge in [-0.15, -0.1) is 34.8 Å². The summed E-state index contributed by atoms with van der Waals surface area (Å²) in [7, 11) is 0. The van der Waals surface area contributed by atoms with Gasteiger partial charge in [-0.2, -0.15) is 0 Å². The lowest BCUT2D eigenvalue weighted by Gasteiger charge is -2.50. The number of alkyl halides is 3. The molecule has 5 heteroatoms. The summed E-state index contributed by atoms with van der Waals surface area (Å²) in [5, 5.41) is 0. The maximum atomic E-state index is 13.3. The monoisotopic (exact) mass is 387 g/mol. The predicted molar refractivity (Wildman–Crippen MR) is 101 cm³/mol. The molecule has 24 heavy (non-hydrogen) atoms. The largest absolute Gasteiger partial charge is 0.336 e. The van der Waals surface area contributed by atoms with E-state index < -0.39 is 14.6 Å². The number of carbonyl (C=O) groups is 1. The molecule has 0 spiro atoms. The van der Waals surface area contributed by atoms with Gasteiger partial charge in [0.25, 0.3) is 0 Å². The fourth-order valence-corrected chi connectivity index (χ4v) is 6.00.